The van der Waals surface area contributed by atoms with Gasteiger partial charge in [0, 0.05) is 19.7 Å². The van der Waals surface area contributed by atoms with Crippen molar-refractivity contribution in [3.63, 3.8) is 0 Å². The van der Waals surface area contributed by atoms with E-state index in [0.29, 0.717) is 16.8 Å². The van der Waals surface area contributed by atoms with Crippen LogP contribution in [0, 0.1) is 6.92 Å². The third-order valence-electron chi connectivity index (χ3n) is 3.64. The molecule has 3 heterocycles. The molecule has 1 amide bonds. The summed E-state index contributed by atoms with van der Waals surface area (Å²) >= 11 is 1.40. The Morgan fingerprint density at radius 3 is 3.13 bits per heavy atom. The number of aryl methyl sites for hydroxylation is 1. The Morgan fingerprint density at radius 2 is 2.39 bits per heavy atom. The van der Waals surface area contributed by atoms with Gasteiger partial charge in [0.2, 0.25) is 11.0 Å². The van der Waals surface area contributed by atoms with Crippen LogP contribution in [0.3, 0.4) is 0 Å². The first-order chi connectivity index (χ1) is 11.2. The molecule has 0 saturated carbocycles. The van der Waals surface area contributed by atoms with E-state index in [1.165, 1.54) is 18.4 Å². The number of methoxy groups -OCH3 is 1. The highest BCUT2D eigenvalue weighted by Crippen LogP contribution is 2.32. The van der Waals surface area contributed by atoms with Crippen molar-refractivity contribution in [2.75, 3.05) is 25.6 Å². The van der Waals surface area contributed by atoms with E-state index in [4.69, 9.17) is 4.74 Å². The smallest absolute Gasteiger partial charge is 0.249 e. The van der Waals surface area contributed by atoms with Crippen LogP contribution in [0.25, 0.3) is 0 Å². The van der Waals surface area contributed by atoms with Gasteiger partial charge in [0.1, 0.15) is 23.8 Å². The second kappa shape index (κ2) is 6.97. The number of anilines is 2. The van der Waals surface area contributed by atoms with Crippen molar-refractivity contribution in [1.82, 2.24) is 25.1 Å². The maximum atomic E-state index is 12.2. The summed E-state index contributed by atoms with van der Waals surface area (Å²) in [6.45, 7) is 2.66. The zero-order valence-corrected chi connectivity index (χ0v) is 13.8. The van der Waals surface area contributed by atoms with Gasteiger partial charge in [-0.2, -0.15) is 0 Å². The molecule has 1 fully saturated rings. The molecule has 2 aromatic heterocycles. The summed E-state index contributed by atoms with van der Waals surface area (Å²) in [7, 11) is 1.53. The Labute approximate surface area is 137 Å². The first-order valence-corrected chi connectivity index (χ1v) is 8.22. The average Bonchev–Trinajstić information content (AvgIpc) is 3.17. The molecule has 8 nitrogen and oxygen atoms in total. The summed E-state index contributed by atoms with van der Waals surface area (Å²) in [5.74, 6) is 1.31. The van der Waals surface area contributed by atoms with Crippen molar-refractivity contribution in [3.05, 3.63) is 23.1 Å². The maximum Gasteiger partial charge on any atom is 0.249 e. The second-order valence-electron chi connectivity index (χ2n) is 5.27. The van der Waals surface area contributed by atoms with Gasteiger partial charge < -0.3 is 15.0 Å². The molecule has 1 saturated heterocycles. The van der Waals surface area contributed by atoms with Gasteiger partial charge in [-0.05, 0) is 19.8 Å². The van der Waals surface area contributed by atoms with Gasteiger partial charge in [-0.1, -0.05) is 11.3 Å². The van der Waals surface area contributed by atoms with Crippen LogP contribution in [0.5, 0.6) is 0 Å². The number of nitrogens with zero attached hydrogens (tertiary/aromatic N) is 5. The van der Waals surface area contributed by atoms with Gasteiger partial charge in [-0.25, -0.2) is 9.97 Å². The Hall–Kier alpha value is -2.13. The van der Waals surface area contributed by atoms with Crippen LogP contribution in [0.15, 0.2) is 11.6 Å². The Morgan fingerprint density at radius 1 is 1.52 bits per heavy atom. The fourth-order valence-electron chi connectivity index (χ4n) is 2.74. The van der Waals surface area contributed by atoms with Crippen LogP contribution in [-0.4, -0.2) is 51.2 Å². The molecule has 0 aliphatic carbocycles. The minimum Gasteiger partial charge on any atom is -0.375 e. The molecule has 1 N–H and O–H groups in total. The minimum atomic E-state index is -0.0330. The number of likely N-dealkylation sites (tertiary alicyclic amines) is 1. The van der Waals surface area contributed by atoms with Crippen molar-refractivity contribution < 1.29 is 9.53 Å². The average molecular weight is 334 g/mol. The molecule has 0 unspecified atom stereocenters. The first kappa shape index (κ1) is 15.8. The third-order valence-corrected chi connectivity index (χ3v) is 4.24. The normalized spacial score (nSPS) is 17.5. The lowest BCUT2D eigenvalue weighted by molar-refractivity contribution is -0.136. The third kappa shape index (κ3) is 3.62. The van der Waals surface area contributed by atoms with E-state index in [-0.39, 0.29) is 18.6 Å². The van der Waals surface area contributed by atoms with Crippen molar-refractivity contribution in [1.29, 1.82) is 0 Å². The van der Waals surface area contributed by atoms with E-state index in [9.17, 15) is 4.79 Å². The number of ether oxygens (including phenoxy) is 1. The van der Waals surface area contributed by atoms with Crippen molar-refractivity contribution in [3.8, 4) is 0 Å². The number of hydrogen-bond donors (Lipinski definition) is 1. The molecule has 9 heteroatoms. The van der Waals surface area contributed by atoms with E-state index >= 15 is 0 Å². The number of nitrogens with one attached hydrogen (secondary N) is 1. The van der Waals surface area contributed by atoms with Crippen LogP contribution in [-0.2, 0) is 9.53 Å². The Balaban J connectivity index is 1.84. The number of amides is 1. The van der Waals surface area contributed by atoms with E-state index in [1.807, 2.05) is 17.9 Å². The van der Waals surface area contributed by atoms with Crippen LogP contribution >= 0.6 is 11.3 Å². The zero-order valence-electron chi connectivity index (χ0n) is 13.0. The Bertz CT molecular complexity index is 678. The molecule has 23 heavy (non-hydrogen) atoms. The topological polar surface area (TPSA) is 93.1 Å². The highest BCUT2D eigenvalue weighted by atomic mass is 32.1. The van der Waals surface area contributed by atoms with E-state index in [2.05, 4.69) is 25.5 Å². The van der Waals surface area contributed by atoms with Crippen molar-refractivity contribution >= 4 is 28.2 Å². The van der Waals surface area contributed by atoms with E-state index in [0.717, 1.165) is 25.1 Å². The number of carbonyl (C=O) groups excluding carboxylic acids is 1. The minimum absolute atomic E-state index is 0.00935. The Kier molecular flexibility index (Phi) is 4.77. The lowest BCUT2D eigenvalue weighted by Gasteiger charge is -2.24. The predicted molar refractivity (Wildman–Crippen MR) is 85.5 cm³/mol. The molecule has 1 aliphatic rings. The number of aromatic nitrogens is 4. The van der Waals surface area contributed by atoms with Crippen molar-refractivity contribution in [2.45, 2.75) is 25.8 Å². The second-order valence-corrected chi connectivity index (χ2v) is 6.11. The van der Waals surface area contributed by atoms with E-state index < -0.39 is 0 Å². The van der Waals surface area contributed by atoms with Gasteiger partial charge in [0.25, 0.3) is 0 Å². The highest BCUT2D eigenvalue weighted by Gasteiger charge is 2.31. The summed E-state index contributed by atoms with van der Waals surface area (Å²) in [5, 5.41) is 11.5. The lowest BCUT2D eigenvalue weighted by Crippen LogP contribution is -2.33. The van der Waals surface area contributed by atoms with Crippen LogP contribution in [0.4, 0.5) is 10.9 Å². The predicted octanol–water partition coefficient (Wildman–Crippen LogP) is 1.69. The summed E-state index contributed by atoms with van der Waals surface area (Å²) in [6.07, 6.45) is 1.85. The number of rotatable bonds is 5. The summed E-state index contributed by atoms with van der Waals surface area (Å²) < 4.78 is 4.97. The van der Waals surface area contributed by atoms with E-state index in [1.54, 1.807) is 5.51 Å². The molecule has 1 aliphatic heterocycles. The van der Waals surface area contributed by atoms with Crippen LogP contribution < -0.4 is 5.32 Å². The van der Waals surface area contributed by atoms with Crippen LogP contribution in [0.2, 0.25) is 0 Å². The molecular formula is C14H18N6O2S. The van der Waals surface area contributed by atoms with Crippen LogP contribution in [0.1, 0.15) is 30.4 Å². The van der Waals surface area contributed by atoms with Gasteiger partial charge in [0.05, 0.1) is 11.7 Å². The quantitative estimate of drug-likeness (QED) is 0.889. The molecule has 122 valence electrons. The fourth-order valence-corrected chi connectivity index (χ4v) is 3.19. The maximum absolute atomic E-state index is 12.2. The molecule has 3 rings (SSSR count). The number of hydrogen-bond acceptors (Lipinski definition) is 8. The summed E-state index contributed by atoms with van der Waals surface area (Å²) in [4.78, 5) is 22.9. The molecule has 0 radical (unpaired) electrons. The van der Waals surface area contributed by atoms with Gasteiger partial charge in [0.15, 0.2) is 0 Å². The molecule has 1 atom stereocenters. The molecule has 0 bridgehead atoms. The summed E-state index contributed by atoms with van der Waals surface area (Å²) in [5.41, 5.74) is 2.49. The van der Waals surface area contributed by atoms with Gasteiger partial charge in [-0.3, -0.25) is 4.79 Å². The van der Waals surface area contributed by atoms with Gasteiger partial charge in [-0.15, -0.1) is 10.2 Å². The van der Waals surface area contributed by atoms with Gasteiger partial charge >= 0.3 is 0 Å². The zero-order chi connectivity index (χ0) is 16.2. The largest absolute Gasteiger partial charge is 0.375 e. The SMILES string of the molecule is COCC(=O)N1CCC[C@H]1c1cc(Nc2nncs2)nc(C)n1. The first-order valence-electron chi connectivity index (χ1n) is 7.34. The van der Waals surface area contributed by atoms with Crippen molar-refractivity contribution in [2.24, 2.45) is 0 Å². The summed E-state index contributed by atoms with van der Waals surface area (Å²) in [6, 6.07) is 1.84. The highest BCUT2D eigenvalue weighted by molar-refractivity contribution is 7.13. The monoisotopic (exact) mass is 334 g/mol. The molecule has 0 spiro atoms. The lowest BCUT2D eigenvalue weighted by atomic mass is 10.1. The molecular weight excluding hydrogens is 316 g/mol. The fraction of sp³-hybridized carbons (Fsp3) is 0.500. The standard InChI is InChI=1S/C14H18N6O2S/c1-9-16-10(6-12(17-9)18-14-19-15-8-23-14)11-4-3-5-20(11)13(21)7-22-2/h6,8,11H,3-5,7H2,1-2H3,(H,16,17,18,19)/t11-/m0/s1. The number of carbonyl (C=O) groups is 1. The molecule has 2 aromatic rings. The molecule has 0 aromatic carbocycles.